The number of anilines is 1. The molecule has 8 heteroatoms. The van der Waals surface area contributed by atoms with Gasteiger partial charge in [-0.1, -0.05) is 23.7 Å². The van der Waals surface area contributed by atoms with Crippen LogP contribution >= 0.6 is 35.6 Å². The second-order valence-electron chi connectivity index (χ2n) is 6.28. The number of methoxy groups -OCH3 is 2. The first kappa shape index (κ1) is 22.4. The average Bonchev–Trinajstić information content (AvgIpc) is 2.72. The van der Waals surface area contributed by atoms with Gasteiger partial charge in [-0.05, 0) is 30.3 Å². The lowest BCUT2D eigenvalue weighted by atomic mass is 10.2. The van der Waals surface area contributed by atoms with Crippen LogP contribution in [0, 0.1) is 0 Å². The fraction of sp³-hybridized carbons (Fsp3) is 0.350. The summed E-state index contributed by atoms with van der Waals surface area (Å²) < 4.78 is 10.8. The van der Waals surface area contributed by atoms with Gasteiger partial charge in [-0.25, -0.2) is 4.99 Å². The topological polar surface area (TPSA) is 63.3 Å². The molecule has 3 rings (SSSR count). The first-order valence-electron chi connectivity index (χ1n) is 8.87. The van der Waals surface area contributed by atoms with Crippen molar-refractivity contribution < 1.29 is 9.47 Å². The van der Waals surface area contributed by atoms with E-state index in [1.807, 2.05) is 42.5 Å². The normalized spacial score (nSPS) is 14.5. The molecule has 152 valence electrons. The first-order chi connectivity index (χ1) is 13.1. The number of hydrogen-bond donors (Lipinski definition) is 1. The smallest absolute Gasteiger partial charge is 0.191 e. The number of nitrogens with zero attached hydrogens (tertiary/aromatic N) is 3. The summed E-state index contributed by atoms with van der Waals surface area (Å²) >= 11 is 5.97. The van der Waals surface area contributed by atoms with Crippen molar-refractivity contribution in [2.45, 2.75) is 6.54 Å². The van der Waals surface area contributed by atoms with E-state index < -0.39 is 0 Å². The standard InChI is InChI=1S/C20H25ClN4O2.HI/c1-26-18-5-3-4-15(19(18)27-2)14-23-20(22)25-12-10-24(11-13-25)17-8-6-16(21)7-9-17;/h3-9H,10-14H2,1-2H3,(H2,22,23);1H. The average molecular weight is 517 g/mol. The minimum Gasteiger partial charge on any atom is -0.493 e. The van der Waals surface area contributed by atoms with E-state index in [0.717, 1.165) is 36.8 Å². The van der Waals surface area contributed by atoms with Crippen molar-refractivity contribution in [2.24, 2.45) is 10.7 Å². The highest BCUT2D eigenvalue weighted by Gasteiger charge is 2.19. The van der Waals surface area contributed by atoms with Gasteiger partial charge >= 0.3 is 0 Å². The summed E-state index contributed by atoms with van der Waals surface area (Å²) in [5, 5.41) is 0.752. The zero-order valence-corrected chi connectivity index (χ0v) is 19.2. The van der Waals surface area contributed by atoms with E-state index >= 15 is 0 Å². The summed E-state index contributed by atoms with van der Waals surface area (Å²) in [4.78, 5) is 9.00. The Kier molecular flexibility index (Phi) is 8.50. The SMILES string of the molecule is COc1cccc(CN=C(N)N2CCN(c3ccc(Cl)cc3)CC2)c1OC.I. The minimum absolute atomic E-state index is 0. The maximum atomic E-state index is 6.23. The Balaban J connectivity index is 0.00000280. The fourth-order valence-electron chi connectivity index (χ4n) is 3.19. The van der Waals surface area contributed by atoms with Gasteiger partial charge in [0, 0.05) is 42.5 Å². The fourth-order valence-corrected chi connectivity index (χ4v) is 3.32. The van der Waals surface area contributed by atoms with Crippen LogP contribution in [-0.4, -0.2) is 51.3 Å². The zero-order chi connectivity index (χ0) is 19.2. The summed E-state index contributed by atoms with van der Waals surface area (Å²) in [6, 6.07) is 13.7. The molecule has 1 saturated heterocycles. The molecule has 0 aliphatic carbocycles. The maximum absolute atomic E-state index is 6.23. The van der Waals surface area contributed by atoms with E-state index in [9.17, 15) is 0 Å². The van der Waals surface area contributed by atoms with Crippen LogP contribution in [0.2, 0.25) is 5.02 Å². The van der Waals surface area contributed by atoms with Gasteiger partial charge in [0.2, 0.25) is 0 Å². The molecule has 0 aromatic heterocycles. The van der Waals surface area contributed by atoms with Crippen molar-refractivity contribution in [3.05, 3.63) is 53.1 Å². The summed E-state index contributed by atoms with van der Waals surface area (Å²) in [7, 11) is 3.25. The molecule has 0 radical (unpaired) electrons. The number of aliphatic imine (C=N–C) groups is 1. The van der Waals surface area contributed by atoms with Crippen molar-refractivity contribution in [2.75, 3.05) is 45.3 Å². The van der Waals surface area contributed by atoms with Crippen LogP contribution in [0.5, 0.6) is 11.5 Å². The van der Waals surface area contributed by atoms with Crippen molar-refractivity contribution in [1.82, 2.24) is 4.90 Å². The maximum Gasteiger partial charge on any atom is 0.191 e. The third kappa shape index (κ3) is 5.35. The monoisotopic (exact) mass is 516 g/mol. The van der Waals surface area contributed by atoms with Crippen molar-refractivity contribution in [3.63, 3.8) is 0 Å². The van der Waals surface area contributed by atoms with Crippen LogP contribution in [0.25, 0.3) is 0 Å². The van der Waals surface area contributed by atoms with E-state index in [-0.39, 0.29) is 24.0 Å². The van der Waals surface area contributed by atoms with Gasteiger partial charge in [0.25, 0.3) is 0 Å². The number of rotatable bonds is 5. The van der Waals surface area contributed by atoms with Crippen LogP contribution in [0.1, 0.15) is 5.56 Å². The molecular formula is C20H26ClIN4O2. The lowest BCUT2D eigenvalue weighted by Gasteiger charge is -2.36. The van der Waals surface area contributed by atoms with E-state index in [0.29, 0.717) is 24.0 Å². The predicted molar refractivity (Wildman–Crippen MR) is 126 cm³/mol. The zero-order valence-electron chi connectivity index (χ0n) is 16.1. The molecular weight excluding hydrogens is 491 g/mol. The summed E-state index contributed by atoms with van der Waals surface area (Å²) in [6.45, 7) is 3.88. The highest BCUT2D eigenvalue weighted by atomic mass is 127. The third-order valence-electron chi connectivity index (χ3n) is 4.69. The number of piperazine rings is 1. The van der Waals surface area contributed by atoms with Crippen molar-refractivity contribution in [3.8, 4) is 11.5 Å². The first-order valence-corrected chi connectivity index (χ1v) is 9.25. The summed E-state index contributed by atoms with van der Waals surface area (Å²) in [5.74, 6) is 1.94. The van der Waals surface area contributed by atoms with Gasteiger partial charge in [0.05, 0.1) is 20.8 Å². The molecule has 0 amide bonds. The lowest BCUT2D eigenvalue weighted by Crippen LogP contribution is -2.51. The van der Waals surface area contributed by atoms with E-state index in [2.05, 4.69) is 14.8 Å². The van der Waals surface area contributed by atoms with Gasteiger partial charge in [-0.15, -0.1) is 24.0 Å². The summed E-state index contributed by atoms with van der Waals surface area (Å²) in [5.41, 5.74) is 8.35. The van der Waals surface area contributed by atoms with Gasteiger partial charge < -0.3 is 25.0 Å². The second kappa shape index (κ2) is 10.6. The Labute approximate surface area is 188 Å². The number of hydrogen-bond acceptors (Lipinski definition) is 4. The van der Waals surface area contributed by atoms with Crippen LogP contribution < -0.4 is 20.1 Å². The number of halogens is 2. The van der Waals surface area contributed by atoms with Crippen LogP contribution in [0.4, 0.5) is 5.69 Å². The highest BCUT2D eigenvalue weighted by Crippen LogP contribution is 2.31. The molecule has 0 spiro atoms. The lowest BCUT2D eigenvalue weighted by molar-refractivity contribution is 0.351. The van der Waals surface area contributed by atoms with Gasteiger partial charge in [-0.3, -0.25) is 0 Å². The summed E-state index contributed by atoms with van der Waals surface area (Å²) in [6.07, 6.45) is 0. The Morgan fingerprint density at radius 3 is 2.32 bits per heavy atom. The number of nitrogens with two attached hydrogens (primary N) is 1. The Morgan fingerprint density at radius 2 is 1.71 bits per heavy atom. The molecule has 2 aromatic carbocycles. The third-order valence-corrected chi connectivity index (χ3v) is 4.94. The van der Waals surface area contributed by atoms with Gasteiger partial charge in [-0.2, -0.15) is 0 Å². The van der Waals surface area contributed by atoms with Crippen LogP contribution in [0.15, 0.2) is 47.5 Å². The number of ether oxygens (including phenoxy) is 2. The molecule has 6 nitrogen and oxygen atoms in total. The number of benzene rings is 2. The van der Waals surface area contributed by atoms with Gasteiger partial charge in [0.15, 0.2) is 17.5 Å². The predicted octanol–water partition coefficient (Wildman–Crippen LogP) is 3.61. The highest BCUT2D eigenvalue weighted by molar-refractivity contribution is 14.0. The number of guanidine groups is 1. The molecule has 1 heterocycles. The quantitative estimate of drug-likeness (QED) is 0.374. The molecule has 2 N–H and O–H groups in total. The van der Waals surface area contributed by atoms with E-state index in [4.69, 9.17) is 26.8 Å². The Morgan fingerprint density at radius 1 is 1.04 bits per heavy atom. The van der Waals surface area contributed by atoms with Crippen LogP contribution in [-0.2, 0) is 6.54 Å². The van der Waals surface area contributed by atoms with Crippen molar-refractivity contribution >= 4 is 47.2 Å². The largest absolute Gasteiger partial charge is 0.493 e. The van der Waals surface area contributed by atoms with Crippen molar-refractivity contribution in [1.29, 1.82) is 0 Å². The van der Waals surface area contributed by atoms with E-state index in [1.54, 1.807) is 14.2 Å². The molecule has 1 fully saturated rings. The van der Waals surface area contributed by atoms with E-state index in [1.165, 1.54) is 5.69 Å². The Bertz CT molecular complexity index is 793. The molecule has 0 atom stereocenters. The molecule has 0 saturated carbocycles. The molecule has 0 unspecified atom stereocenters. The second-order valence-corrected chi connectivity index (χ2v) is 6.71. The molecule has 28 heavy (non-hydrogen) atoms. The molecule has 2 aromatic rings. The van der Waals surface area contributed by atoms with Crippen LogP contribution in [0.3, 0.4) is 0 Å². The molecule has 1 aliphatic heterocycles. The van der Waals surface area contributed by atoms with Gasteiger partial charge in [0.1, 0.15) is 0 Å². The molecule has 0 bridgehead atoms. The molecule has 1 aliphatic rings. The Hall–Kier alpha value is -1.87. The minimum atomic E-state index is 0. The number of para-hydroxylation sites is 1.